The molecule has 0 radical (unpaired) electrons. The second-order valence-corrected chi connectivity index (χ2v) is 6.41. The Kier molecular flexibility index (Phi) is 3.63. The minimum Gasteiger partial charge on any atom is -0.244 e. The second-order valence-electron chi connectivity index (χ2n) is 5.08. The molecule has 3 heterocycles. The number of thioether (sulfide) groups is 1. The molecule has 0 aliphatic rings. The Labute approximate surface area is 141 Å². The van der Waals surface area contributed by atoms with E-state index in [9.17, 15) is 0 Å². The monoisotopic (exact) mass is 341 g/mol. The molecule has 0 unspecified atom stereocenters. The molecule has 4 aromatic rings. The normalized spacial score (nSPS) is 11.4. The van der Waals surface area contributed by atoms with Gasteiger partial charge in [0.2, 0.25) is 0 Å². The molecule has 0 atom stereocenters. The van der Waals surface area contributed by atoms with Crippen LogP contribution in [0.3, 0.4) is 0 Å². The van der Waals surface area contributed by atoms with Crippen LogP contribution in [0.25, 0.3) is 16.6 Å². The fourth-order valence-corrected chi connectivity index (χ4v) is 3.36. The molecule has 4 rings (SSSR count). The summed E-state index contributed by atoms with van der Waals surface area (Å²) in [6.45, 7) is 1.89. The molecule has 23 heavy (non-hydrogen) atoms. The lowest BCUT2D eigenvalue weighted by Gasteiger charge is -2.06. The summed E-state index contributed by atoms with van der Waals surface area (Å²) in [7, 11) is 0. The predicted molar refractivity (Wildman–Crippen MR) is 91.8 cm³/mol. The molecule has 114 valence electrons. The van der Waals surface area contributed by atoms with Gasteiger partial charge in [0, 0.05) is 17.3 Å². The van der Waals surface area contributed by atoms with Crippen LogP contribution in [-0.4, -0.2) is 24.6 Å². The van der Waals surface area contributed by atoms with Crippen LogP contribution < -0.4 is 0 Å². The van der Waals surface area contributed by atoms with Crippen LogP contribution in [0.1, 0.15) is 11.4 Å². The smallest absolute Gasteiger partial charge is 0.191 e. The number of fused-ring (bicyclic) bond motifs is 3. The molecule has 0 bridgehead atoms. The zero-order valence-electron chi connectivity index (χ0n) is 12.3. The Balaban J connectivity index is 1.77. The van der Waals surface area contributed by atoms with Crippen molar-refractivity contribution in [2.75, 3.05) is 0 Å². The number of hydrogen-bond donors (Lipinski definition) is 0. The van der Waals surface area contributed by atoms with Gasteiger partial charge < -0.3 is 0 Å². The molecule has 1 aromatic carbocycles. The van der Waals surface area contributed by atoms with Crippen molar-refractivity contribution < 1.29 is 0 Å². The van der Waals surface area contributed by atoms with Crippen molar-refractivity contribution in [3.63, 3.8) is 0 Å². The molecule has 3 aromatic heterocycles. The number of aromatic nitrogens is 5. The number of pyridine rings is 1. The van der Waals surface area contributed by atoms with Crippen molar-refractivity contribution in [2.24, 2.45) is 0 Å². The fraction of sp³-hybridized carbons (Fsp3) is 0.125. The molecular formula is C16H12ClN5S. The molecule has 0 aliphatic carbocycles. The first-order valence-corrected chi connectivity index (χ1v) is 8.42. The number of hydrogen-bond acceptors (Lipinski definition) is 5. The van der Waals surface area contributed by atoms with E-state index in [-0.39, 0.29) is 0 Å². The fourth-order valence-electron chi connectivity index (χ4n) is 2.37. The van der Waals surface area contributed by atoms with E-state index in [1.807, 2.05) is 41.8 Å². The van der Waals surface area contributed by atoms with E-state index < -0.39 is 0 Å². The van der Waals surface area contributed by atoms with E-state index in [1.54, 1.807) is 24.0 Å². The summed E-state index contributed by atoms with van der Waals surface area (Å²) in [5.74, 6) is 1.47. The van der Waals surface area contributed by atoms with Gasteiger partial charge in [-0.25, -0.2) is 15.0 Å². The minimum absolute atomic E-state index is 0.497. The lowest BCUT2D eigenvalue weighted by Crippen LogP contribution is -1.98. The van der Waals surface area contributed by atoms with Gasteiger partial charge in [-0.15, -0.1) is 5.10 Å². The molecule has 5 nitrogen and oxygen atoms in total. The third-order valence-electron chi connectivity index (χ3n) is 3.41. The summed E-state index contributed by atoms with van der Waals surface area (Å²) >= 11 is 7.43. The molecular weight excluding hydrogens is 330 g/mol. The predicted octanol–water partition coefficient (Wildman–Crippen LogP) is 3.93. The van der Waals surface area contributed by atoms with E-state index in [0.717, 1.165) is 38.8 Å². The Morgan fingerprint density at radius 3 is 2.83 bits per heavy atom. The van der Waals surface area contributed by atoms with Crippen molar-refractivity contribution >= 4 is 39.9 Å². The molecule has 0 fully saturated rings. The van der Waals surface area contributed by atoms with Gasteiger partial charge >= 0.3 is 0 Å². The van der Waals surface area contributed by atoms with Crippen LogP contribution in [0.15, 0.2) is 47.8 Å². The first kappa shape index (κ1) is 14.4. The van der Waals surface area contributed by atoms with E-state index in [0.29, 0.717) is 5.15 Å². The number of para-hydroxylation sites is 1. The van der Waals surface area contributed by atoms with Crippen molar-refractivity contribution in [2.45, 2.75) is 17.8 Å². The Morgan fingerprint density at radius 2 is 2.00 bits per heavy atom. The van der Waals surface area contributed by atoms with Gasteiger partial charge in [-0.2, -0.15) is 4.52 Å². The highest BCUT2D eigenvalue weighted by molar-refractivity contribution is 7.98. The quantitative estimate of drug-likeness (QED) is 0.321. The highest BCUT2D eigenvalue weighted by Gasteiger charge is 2.12. The average molecular weight is 342 g/mol. The van der Waals surface area contributed by atoms with Gasteiger partial charge in [0.05, 0.1) is 5.52 Å². The first-order chi connectivity index (χ1) is 11.2. The summed E-state index contributed by atoms with van der Waals surface area (Å²) < 4.78 is 1.81. The standard InChI is InChI=1S/C16H12ClN5S/c1-10-19-15-12-4-2-3-5-13(12)20-16(22(15)21-10)23-9-11-6-7-14(17)18-8-11/h2-8H,9H2,1H3. The largest absolute Gasteiger partial charge is 0.244 e. The zero-order chi connectivity index (χ0) is 15.8. The van der Waals surface area contributed by atoms with Crippen molar-refractivity contribution in [3.05, 3.63) is 59.1 Å². The zero-order valence-corrected chi connectivity index (χ0v) is 13.8. The van der Waals surface area contributed by atoms with Crippen molar-refractivity contribution in [3.8, 4) is 0 Å². The Morgan fingerprint density at radius 1 is 1.13 bits per heavy atom. The van der Waals surface area contributed by atoms with Gasteiger partial charge in [0.15, 0.2) is 10.8 Å². The summed E-state index contributed by atoms with van der Waals surface area (Å²) in [5, 5.41) is 6.79. The maximum absolute atomic E-state index is 5.82. The number of aryl methyl sites for hydroxylation is 1. The SMILES string of the molecule is Cc1nc2c3ccccc3nc(SCc3ccc(Cl)nc3)n2n1. The molecule has 0 spiro atoms. The van der Waals surface area contributed by atoms with Crippen LogP contribution in [-0.2, 0) is 5.75 Å². The van der Waals surface area contributed by atoms with E-state index in [1.165, 1.54) is 0 Å². The molecule has 0 saturated heterocycles. The number of halogens is 1. The lowest BCUT2D eigenvalue weighted by atomic mass is 10.2. The minimum atomic E-state index is 0.497. The Bertz CT molecular complexity index is 997. The summed E-state index contributed by atoms with van der Waals surface area (Å²) in [4.78, 5) is 13.4. The summed E-state index contributed by atoms with van der Waals surface area (Å²) in [5.41, 5.74) is 2.84. The molecule has 0 saturated carbocycles. The molecule has 7 heteroatoms. The van der Waals surface area contributed by atoms with Crippen LogP contribution in [0, 0.1) is 6.92 Å². The first-order valence-electron chi connectivity index (χ1n) is 7.06. The average Bonchev–Trinajstić information content (AvgIpc) is 2.96. The molecule has 0 aliphatic heterocycles. The number of rotatable bonds is 3. The van der Waals surface area contributed by atoms with E-state index in [2.05, 4.69) is 15.1 Å². The number of nitrogens with zero attached hydrogens (tertiary/aromatic N) is 5. The maximum Gasteiger partial charge on any atom is 0.191 e. The van der Waals surface area contributed by atoms with Gasteiger partial charge in [-0.1, -0.05) is 41.6 Å². The summed E-state index contributed by atoms with van der Waals surface area (Å²) in [6.07, 6.45) is 1.78. The summed E-state index contributed by atoms with van der Waals surface area (Å²) in [6, 6.07) is 11.7. The Hall–Kier alpha value is -2.18. The van der Waals surface area contributed by atoms with Gasteiger partial charge in [0.25, 0.3) is 0 Å². The van der Waals surface area contributed by atoms with Crippen molar-refractivity contribution in [1.29, 1.82) is 0 Å². The maximum atomic E-state index is 5.82. The lowest BCUT2D eigenvalue weighted by molar-refractivity contribution is 0.797. The van der Waals surface area contributed by atoms with Crippen LogP contribution in [0.2, 0.25) is 5.15 Å². The molecule has 0 amide bonds. The third kappa shape index (κ3) is 2.75. The van der Waals surface area contributed by atoms with Crippen LogP contribution in [0.4, 0.5) is 0 Å². The van der Waals surface area contributed by atoms with Gasteiger partial charge in [0.1, 0.15) is 11.0 Å². The third-order valence-corrected chi connectivity index (χ3v) is 4.64. The number of benzene rings is 1. The molecule has 0 N–H and O–H groups in total. The van der Waals surface area contributed by atoms with Crippen LogP contribution >= 0.6 is 23.4 Å². The highest BCUT2D eigenvalue weighted by Crippen LogP contribution is 2.26. The van der Waals surface area contributed by atoms with Gasteiger partial charge in [-0.05, 0) is 30.7 Å². The second kappa shape index (κ2) is 5.79. The van der Waals surface area contributed by atoms with Crippen molar-refractivity contribution in [1.82, 2.24) is 24.6 Å². The highest BCUT2D eigenvalue weighted by atomic mass is 35.5. The van der Waals surface area contributed by atoms with Crippen LogP contribution in [0.5, 0.6) is 0 Å². The van der Waals surface area contributed by atoms with E-state index in [4.69, 9.17) is 16.6 Å². The van der Waals surface area contributed by atoms with E-state index >= 15 is 0 Å². The topological polar surface area (TPSA) is 56.0 Å². The van der Waals surface area contributed by atoms with Gasteiger partial charge in [-0.3, -0.25) is 0 Å².